The fraction of sp³-hybridized carbons (Fsp3) is 0.143. The fourth-order valence-corrected chi connectivity index (χ4v) is 3.34. The summed E-state index contributed by atoms with van der Waals surface area (Å²) in [5, 5.41) is 4.39. The molecule has 0 amide bonds. The first-order chi connectivity index (χ1) is 11.2. The van der Waals surface area contributed by atoms with Crippen LogP contribution in [0.1, 0.15) is 24.8 Å². The molecule has 1 fully saturated rings. The van der Waals surface area contributed by atoms with Gasteiger partial charge in [0.05, 0.1) is 5.57 Å². The van der Waals surface area contributed by atoms with Crippen molar-refractivity contribution in [3.8, 4) is 0 Å². The van der Waals surface area contributed by atoms with E-state index in [0.717, 1.165) is 27.1 Å². The normalized spacial score (nSPS) is 15.4. The molecular formula is C21H16O2. The maximum atomic E-state index is 12.2. The van der Waals surface area contributed by atoms with Crippen molar-refractivity contribution >= 4 is 39.2 Å². The van der Waals surface area contributed by atoms with Crippen LogP contribution in [0.15, 0.2) is 60.2 Å². The van der Waals surface area contributed by atoms with Crippen molar-refractivity contribution in [2.45, 2.75) is 19.3 Å². The summed E-state index contributed by atoms with van der Waals surface area (Å²) in [6.07, 6.45) is 3.43. The van der Waals surface area contributed by atoms with Crippen LogP contribution in [0.3, 0.4) is 0 Å². The molecule has 0 unspecified atom stereocenters. The lowest BCUT2D eigenvalue weighted by Gasteiger charge is -2.14. The van der Waals surface area contributed by atoms with Gasteiger partial charge in [-0.25, -0.2) is 0 Å². The molecule has 23 heavy (non-hydrogen) atoms. The molecule has 1 aliphatic carbocycles. The predicted molar refractivity (Wildman–Crippen MR) is 93.3 cm³/mol. The summed E-state index contributed by atoms with van der Waals surface area (Å²) < 4.78 is 0. The lowest BCUT2D eigenvalue weighted by Crippen LogP contribution is -2.18. The number of carbonyl (C=O) groups is 2. The molecule has 2 nitrogen and oxygen atoms in total. The zero-order chi connectivity index (χ0) is 15.8. The Hall–Kier alpha value is -2.74. The largest absolute Gasteiger partial charge is 0.294 e. The number of rotatable bonds is 1. The Balaban J connectivity index is 2.07. The smallest absolute Gasteiger partial charge is 0.166 e. The standard InChI is InChI=1S/C21H16O2/c22-20-10-5-11-21(23)19(20)13-18-16-8-3-1-6-14(16)12-15-7-2-4-9-17(15)18/h1-4,6-9,12-13H,5,10-11H2. The minimum atomic E-state index is -0.0294. The van der Waals surface area contributed by atoms with E-state index in [1.807, 2.05) is 42.5 Å². The van der Waals surface area contributed by atoms with Gasteiger partial charge < -0.3 is 0 Å². The SMILES string of the molecule is O=C1CCCC(=O)C1=Cc1c2ccccc2cc2ccccc12. The molecule has 0 bridgehead atoms. The van der Waals surface area contributed by atoms with E-state index in [-0.39, 0.29) is 11.6 Å². The summed E-state index contributed by atoms with van der Waals surface area (Å²) >= 11 is 0. The van der Waals surface area contributed by atoms with Crippen LogP contribution in [0.25, 0.3) is 27.6 Å². The maximum absolute atomic E-state index is 12.2. The molecule has 1 saturated carbocycles. The van der Waals surface area contributed by atoms with E-state index >= 15 is 0 Å². The predicted octanol–water partition coefficient (Wildman–Crippen LogP) is 4.70. The van der Waals surface area contributed by atoms with Crippen molar-refractivity contribution in [1.82, 2.24) is 0 Å². The Kier molecular flexibility index (Phi) is 3.30. The van der Waals surface area contributed by atoms with Gasteiger partial charge in [0.25, 0.3) is 0 Å². The molecule has 0 aromatic heterocycles. The molecule has 0 N–H and O–H groups in total. The monoisotopic (exact) mass is 300 g/mol. The first-order valence-electron chi connectivity index (χ1n) is 7.92. The Morgan fingerprint density at radius 2 is 1.26 bits per heavy atom. The van der Waals surface area contributed by atoms with Crippen molar-refractivity contribution in [2.24, 2.45) is 0 Å². The summed E-state index contributed by atoms with van der Waals surface area (Å²) in [7, 11) is 0. The van der Waals surface area contributed by atoms with Crippen molar-refractivity contribution in [1.29, 1.82) is 0 Å². The number of benzene rings is 3. The van der Waals surface area contributed by atoms with Crippen LogP contribution in [0.2, 0.25) is 0 Å². The van der Waals surface area contributed by atoms with Crippen LogP contribution in [0.5, 0.6) is 0 Å². The lowest BCUT2D eigenvalue weighted by molar-refractivity contribution is -0.123. The molecular weight excluding hydrogens is 284 g/mol. The molecule has 0 radical (unpaired) electrons. The Morgan fingerprint density at radius 3 is 1.83 bits per heavy atom. The van der Waals surface area contributed by atoms with Gasteiger partial charge in [-0.3, -0.25) is 9.59 Å². The minimum Gasteiger partial charge on any atom is -0.294 e. The number of hydrogen-bond acceptors (Lipinski definition) is 2. The number of Topliss-reactive ketones (excluding diaryl/α,β-unsaturated/α-hetero) is 2. The number of fused-ring (bicyclic) bond motifs is 2. The summed E-state index contributed by atoms with van der Waals surface area (Å²) in [5.74, 6) is -0.0588. The van der Waals surface area contributed by atoms with E-state index in [9.17, 15) is 9.59 Å². The molecule has 2 heteroatoms. The van der Waals surface area contributed by atoms with Crippen molar-refractivity contribution in [3.63, 3.8) is 0 Å². The Morgan fingerprint density at radius 1 is 0.739 bits per heavy atom. The first-order valence-corrected chi connectivity index (χ1v) is 7.92. The third-order valence-electron chi connectivity index (χ3n) is 4.51. The highest BCUT2D eigenvalue weighted by molar-refractivity contribution is 6.26. The van der Waals surface area contributed by atoms with E-state index < -0.39 is 0 Å². The third-order valence-corrected chi connectivity index (χ3v) is 4.51. The molecule has 1 aliphatic rings. The highest BCUT2D eigenvalue weighted by Crippen LogP contribution is 2.31. The van der Waals surface area contributed by atoms with Gasteiger partial charge in [0.15, 0.2) is 11.6 Å². The molecule has 3 aromatic carbocycles. The van der Waals surface area contributed by atoms with Gasteiger partial charge in [0, 0.05) is 12.8 Å². The number of ketones is 2. The van der Waals surface area contributed by atoms with Crippen molar-refractivity contribution < 1.29 is 9.59 Å². The number of carbonyl (C=O) groups excluding carboxylic acids is 2. The maximum Gasteiger partial charge on any atom is 0.166 e. The van der Waals surface area contributed by atoms with Gasteiger partial charge in [-0.2, -0.15) is 0 Å². The second-order valence-corrected chi connectivity index (χ2v) is 5.99. The van der Waals surface area contributed by atoms with E-state index in [0.29, 0.717) is 24.8 Å². The van der Waals surface area contributed by atoms with Crippen LogP contribution < -0.4 is 0 Å². The minimum absolute atomic E-state index is 0.0294. The van der Waals surface area contributed by atoms with Crippen LogP contribution >= 0.6 is 0 Å². The zero-order valence-corrected chi connectivity index (χ0v) is 12.7. The van der Waals surface area contributed by atoms with E-state index in [1.165, 1.54) is 0 Å². The Bertz CT molecular complexity index is 907. The molecule has 0 spiro atoms. The zero-order valence-electron chi connectivity index (χ0n) is 12.7. The van der Waals surface area contributed by atoms with E-state index in [2.05, 4.69) is 18.2 Å². The molecule has 0 aliphatic heterocycles. The van der Waals surface area contributed by atoms with E-state index in [4.69, 9.17) is 0 Å². The number of hydrogen-bond donors (Lipinski definition) is 0. The van der Waals surface area contributed by atoms with Crippen molar-refractivity contribution in [2.75, 3.05) is 0 Å². The quantitative estimate of drug-likeness (QED) is 0.371. The average Bonchev–Trinajstić information content (AvgIpc) is 2.57. The molecule has 0 heterocycles. The second kappa shape index (κ2) is 5.47. The van der Waals surface area contributed by atoms with Crippen LogP contribution in [-0.4, -0.2) is 11.6 Å². The molecule has 0 saturated heterocycles. The molecule has 3 aromatic rings. The topological polar surface area (TPSA) is 34.1 Å². The van der Waals surface area contributed by atoms with Gasteiger partial charge in [-0.05, 0) is 45.7 Å². The van der Waals surface area contributed by atoms with Gasteiger partial charge in [-0.1, -0.05) is 48.5 Å². The number of allylic oxidation sites excluding steroid dienone is 1. The molecule has 112 valence electrons. The van der Waals surface area contributed by atoms with Gasteiger partial charge >= 0.3 is 0 Å². The second-order valence-electron chi connectivity index (χ2n) is 5.99. The van der Waals surface area contributed by atoms with Gasteiger partial charge in [-0.15, -0.1) is 0 Å². The first kappa shape index (κ1) is 13.9. The fourth-order valence-electron chi connectivity index (χ4n) is 3.34. The van der Waals surface area contributed by atoms with Crippen molar-refractivity contribution in [3.05, 3.63) is 65.7 Å². The summed E-state index contributed by atoms with van der Waals surface area (Å²) in [6, 6.07) is 18.4. The summed E-state index contributed by atoms with van der Waals surface area (Å²) in [6.45, 7) is 0. The summed E-state index contributed by atoms with van der Waals surface area (Å²) in [5.41, 5.74) is 1.33. The van der Waals surface area contributed by atoms with E-state index in [1.54, 1.807) is 0 Å². The van der Waals surface area contributed by atoms with Crippen LogP contribution in [0.4, 0.5) is 0 Å². The highest BCUT2D eigenvalue weighted by atomic mass is 16.1. The van der Waals surface area contributed by atoms with Crippen LogP contribution in [0, 0.1) is 0 Å². The highest BCUT2D eigenvalue weighted by Gasteiger charge is 2.23. The molecule has 0 atom stereocenters. The van der Waals surface area contributed by atoms with Gasteiger partial charge in [0.2, 0.25) is 0 Å². The van der Waals surface area contributed by atoms with Gasteiger partial charge in [0.1, 0.15) is 0 Å². The third kappa shape index (κ3) is 2.36. The average molecular weight is 300 g/mol. The molecule has 4 rings (SSSR count). The lowest BCUT2D eigenvalue weighted by atomic mass is 9.88. The Labute approximate surface area is 134 Å². The van der Waals surface area contributed by atoms with Crippen LogP contribution in [-0.2, 0) is 9.59 Å². The summed E-state index contributed by atoms with van der Waals surface area (Å²) in [4.78, 5) is 24.4.